The van der Waals surface area contributed by atoms with Gasteiger partial charge in [-0.25, -0.2) is 0 Å². The van der Waals surface area contributed by atoms with Crippen LogP contribution in [0.4, 0.5) is 13.2 Å². The minimum Gasteiger partial charge on any atom is -0.326 e. The summed E-state index contributed by atoms with van der Waals surface area (Å²) in [7, 11) is 1.48. The van der Waals surface area contributed by atoms with Gasteiger partial charge in [0.1, 0.15) is 0 Å². The summed E-state index contributed by atoms with van der Waals surface area (Å²) in [5.74, 6) is 0. The molecule has 0 aliphatic carbocycles. The molecular weight excluding hydrogens is 219 g/mol. The third kappa shape index (κ3) is 1.65. The average Bonchev–Trinajstić information content (AvgIpc) is 2.55. The number of alkyl halides is 3. The van der Waals surface area contributed by atoms with Crippen LogP contribution in [0.25, 0.3) is 10.9 Å². The minimum atomic E-state index is -4.43. The van der Waals surface area contributed by atoms with Gasteiger partial charge in [0.05, 0.1) is 5.52 Å². The van der Waals surface area contributed by atoms with Crippen molar-refractivity contribution in [3.05, 3.63) is 29.5 Å². The highest BCUT2D eigenvalue weighted by molar-refractivity contribution is 5.83. The molecule has 3 nitrogen and oxygen atoms in total. The molecule has 0 aliphatic heterocycles. The quantitative estimate of drug-likeness (QED) is 0.813. The zero-order valence-corrected chi connectivity index (χ0v) is 8.54. The second-order valence-corrected chi connectivity index (χ2v) is 3.53. The predicted molar refractivity (Wildman–Crippen MR) is 53.6 cm³/mol. The molecule has 86 valence electrons. The van der Waals surface area contributed by atoms with Crippen molar-refractivity contribution in [3.63, 3.8) is 0 Å². The molecular formula is C10H10F3N3. The Morgan fingerprint density at radius 1 is 1.38 bits per heavy atom. The van der Waals surface area contributed by atoms with Crippen LogP contribution in [0.3, 0.4) is 0 Å². The van der Waals surface area contributed by atoms with Crippen LogP contribution in [0.1, 0.15) is 11.3 Å². The predicted octanol–water partition coefficient (Wildman–Crippen LogP) is 2.05. The molecule has 0 spiro atoms. The monoisotopic (exact) mass is 229 g/mol. The summed E-state index contributed by atoms with van der Waals surface area (Å²) < 4.78 is 39.1. The third-order valence-corrected chi connectivity index (χ3v) is 2.42. The fourth-order valence-corrected chi connectivity index (χ4v) is 1.64. The molecule has 2 aromatic rings. The number of benzene rings is 1. The molecule has 2 N–H and O–H groups in total. The summed E-state index contributed by atoms with van der Waals surface area (Å²) in [5.41, 5.74) is 5.80. The van der Waals surface area contributed by atoms with Crippen LogP contribution in [0.15, 0.2) is 18.2 Å². The van der Waals surface area contributed by atoms with Crippen molar-refractivity contribution in [2.24, 2.45) is 12.8 Å². The molecule has 1 heterocycles. The number of hydrogen-bond donors (Lipinski definition) is 1. The minimum absolute atomic E-state index is 0.104. The number of nitrogens with two attached hydrogens (primary N) is 1. The number of aromatic nitrogens is 2. The van der Waals surface area contributed by atoms with Gasteiger partial charge in [0, 0.05) is 19.0 Å². The maximum Gasteiger partial charge on any atom is 0.435 e. The van der Waals surface area contributed by atoms with E-state index in [1.165, 1.54) is 17.8 Å². The molecule has 0 atom stereocenters. The van der Waals surface area contributed by atoms with E-state index < -0.39 is 11.9 Å². The molecule has 0 bridgehead atoms. The zero-order chi connectivity index (χ0) is 11.9. The van der Waals surface area contributed by atoms with Crippen molar-refractivity contribution in [2.75, 3.05) is 0 Å². The fraction of sp³-hybridized carbons (Fsp3) is 0.300. The van der Waals surface area contributed by atoms with Crippen LogP contribution in [-0.4, -0.2) is 9.78 Å². The highest BCUT2D eigenvalue weighted by Crippen LogP contribution is 2.33. The molecule has 6 heteroatoms. The van der Waals surface area contributed by atoms with Gasteiger partial charge in [-0.2, -0.15) is 18.3 Å². The Kier molecular flexibility index (Phi) is 2.38. The lowest BCUT2D eigenvalue weighted by Crippen LogP contribution is -2.07. The largest absolute Gasteiger partial charge is 0.435 e. The molecule has 0 fully saturated rings. The number of fused-ring (bicyclic) bond motifs is 1. The summed E-state index contributed by atoms with van der Waals surface area (Å²) in [6, 6.07) is 4.62. The van der Waals surface area contributed by atoms with Gasteiger partial charge in [-0.15, -0.1) is 0 Å². The van der Waals surface area contributed by atoms with Gasteiger partial charge in [-0.1, -0.05) is 12.1 Å². The van der Waals surface area contributed by atoms with Gasteiger partial charge in [-0.3, -0.25) is 4.68 Å². The smallest absolute Gasteiger partial charge is 0.326 e. The Balaban J connectivity index is 2.72. The topological polar surface area (TPSA) is 43.8 Å². The Morgan fingerprint density at radius 3 is 2.62 bits per heavy atom. The second-order valence-electron chi connectivity index (χ2n) is 3.53. The molecule has 0 amide bonds. The van der Waals surface area contributed by atoms with E-state index in [0.29, 0.717) is 12.1 Å². The molecule has 0 saturated carbocycles. The number of nitrogens with zero attached hydrogens (tertiary/aromatic N) is 2. The lowest BCUT2D eigenvalue weighted by atomic mass is 10.1. The first-order valence-corrected chi connectivity index (χ1v) is 4.66. The molecule has 16 heavy (non-hydrogen) atoms. The molecule has 1 aromatic heterocycles. The summed E-state index contributed by atoms with van der Waals surface area (Å²) in [6.45, 7) is 0.294. The van der Waals surface area contributed by atoms with Crippen molar-refractivity contribution < 1.29 is 13.2 Å². The first kappa shape index (κ1) is 10.9. The highest BCUT2D eigenvalue weighted by atomic mass is 19.4. The SMILES string of the molecule is Cn1nc(C(F)(F)F)c2ccc(CN)cc21. The molecule has 0 radical (unpaired) electrons. The first-order valence-electron chi connectivity index (χ1n) is 4.66. The van der Waals surface area contributed by atoms with Crippen LogP contribution in [0.2, 0.25) is 0 Å². The Bertz CT molecular complexity index is 528. The molecule has 0 aliphatic rings. The standard InChI is InChI=1S/C10H10F3N3/c1-16-8-4-6(5-14)2-3-7(8)9(15-16)10(11,12)13/h2-4H,5,14H2,1H3. The molecule has 0 unspecified atom stereocenters. The number of hydrogen-bond acceptors (Lipinski definition) is 2. The fourth-order valence-electron chi connectivity index (χ4n) is 1.64. The number of aryl methyl sites for hydroxylation is 1. The summed E-state index contributed by atoms with van der Waals surface area (Å²) >= 11 is 0. The molecule has 0 saturated heterocycles. The Hall–Kier alpha value is -1.56. The van der Waals surface area contributed by atoms with E-state index in [1.54, 1.807) is 12.1 Å². The number of rotatable bonds is 1. The van der Waals surface area contributed by atoms with Crippen molar-refractivity contribution >= 4 is 10.9 Å². The van der Waals surface area contributed by atoms with Gasteiger partial charge < -0.3 is 5.73 Å². The van der Waals surface area contributed by atoms with Crippen LogP contribution in [-0.2, 0) is 19.8 Å². The number of halogens is 3. The Morgan fingerprint density at radius 2 is 2.06 bits per heavy atom. The average molecular weight is 229 g/mol. The van der Waals surface area contributed by atoms with E-state index in [-0.39, 0.29) is 5.39 Å². The summed E-state index contributed by atoms with van der Waals surface area (Å²) in [4.78, 5) is 0. The van der Waals surface area contributed by atoms with E-state index >= 15 is 0 Å². The normalized spacial score (nSPS) is 12.3. The van der Waals surface area contributed by atoms with E-state index in [4.69, 9.17) is 5.73 Å². The second kappa shape index (κ2) is 3.48. The van der Waals surface area contributed by atoms with Crippen LogP contribution in [0, 0.1) is 0 Å². The maximum atomic E-state index is 12.6. The van der Waals surface area contributed by atoms with E-state index in [9.17, 15) is 13.2 Å². The zero-order valence-electron chi connectivity index (χ0n) is 8.54. The summed E-state index contributed by atoms with van der Waals surface area (Å²) in [6.07, 6.45) is -4.43. The van der Waals surface area contributed by atoms with Crippen molar-refractivity contribution in [3.8, 4) is 0 Å². The van der Waals surface area contributed by atoms with Crippen molar-refractivity contribution in [1.82, 2.24) is 9.78 Å². The van der Waals surface area contributed by atoms with Gasteiger partial charge in [0.25, 0.3) is 0 Å². The van der Waals surface area contributed by atoms with Crippen LogP contribution >= 0.6 is 0 Å². The Labute approximate surface area is 89.7 Å². The lowest BCUT2D eigenvalue weighted by molar-refractivity contribution is -0.140. The molecule has 2 rings (SSSR count). The van der Waals surface area contributed by atoms with E-state index in [0.717, 1.165) is 5.56 Å². The van der Waals surface area contributed by atoms with Gasteiger partial charge in [0.2, 0.25) is 0 Å². The van der Waals surface area contributed by atoms with Crippen molar-refractivity contribution in [1.29, 1.82) is 0 Å². The summed E-state index contributed by atoms with van der Waals surface area (Å²) in [5, 5.41) is 3.59. The van der Waals surface area contributed by atoms with Gasteiger partial charge >= 0.3 is 6.18 Å². The van der Waals surface area contributed by atoms with Gasteiger partial charge in [0.15, 0.2) is 5.69 Å². The van der Waals surface area contributed by atoms with E-state index in [1.807, 2.05) is 0 Å². The maximum absolute atomic E-state index is 12.6. The molecule has 1 aromatic carbocycles. The van der Waals surface area contributed by atoms with Gasteiger partial charge in [-0.05, 0) is 11.6 Å². The third-order valence-electron chi connectivity index (χ3n) is 2.42. The first-order chi connectivity index (χ1) is 7.43. The highest BCUT2D eigenvalue weighted by Gasteiger charge is 2.36. The van der Waals surface area contributed by atoms with Crippen LogP contribution in [0.5, 0.6) is 0 Å². The van der Waals surface area contributed by atoms with Crippen molar-refractivity contribution in [2.45, 2.75) is 12.7 Å². The lowest BCUT2D eigenvalue weighted by Gasteiger charge is -2.02. The van der Waals surface area contributed by atoms with Crippen LogP contribution < -0.4 is 5.73 Å². The van der Waals surface area contributed by atoms with E-state index in [2.05, 4.69) is 5.10 Å².